The number of aromatic nitrogens is 1. The molecule has 4 heteroatoms. The van der Waals surface area contributed by atoms with Crippen LogP contribution in [-0.2, 0) is 6.54 Å². The van der Waals surface area contributed by atoms with E-state index in [1.807, 2.05) is 12.1 Å². The minimum Gasteiger partial charge on any atom is -0.326 e. The van der Waals surface area contributed by atoms with Gasteiger partial charge in [0.05, 0.1) is 5.69 Å². The van der Waals surface area contributed by atoms with Crippen LogP contribution in [0.15, 0.2) is 30.3 Å². The van der Waals surface area contributed by atoms with Gasteiger partial charge < -0.3 is 5.73 Å². The van der Waals surface area contributed by atoms with Crippen LogP contribution in [0.4, 0.5) is 4.39 Å². The fourth-order valence-electron chi connectivity index (χ4n) is 1.19. The van der Waals surface area contributed by atoms with Gasteiger partial charge in [0.2, 0.25) is 0 Å². The van der Waals surface area contributed by atoms with Crippen LogP contribution in [0, 0.1) is 5.82 Å². The van der Waals surface area contributed by atoms with E-state index in [0.717, 1.165) is 16.1 Å². The highest BCUT2D eigenvalue weighted by Gasteiger charge is 2.03. The van der Waals surface area contributed by atoms with Gasteiger partial charge in [-0.05, 0) is 29.7 Å². The average molecular weight is 208 g/mol. The normalized spacial score (nSPS) is 10.4. The number of rotatable bonds is 2. The Morgan fingerprint density at radius 1 is 1.36 bits per heavy atom. The molecular formula is C10H9FN2S. The van der Waals surface area contributed by atoms with Gasteiger partial charge >= 0.3 is 0 Å². The highest BCUT2D eigenvalue weighted by molar-refractivity contribution is 7.06. The summed E-state index contributed by atoms with van der Waals surface area (Å²) in [6, 6.07) is 8.28. The molecule has 2 rings (SSSR count). The lowest BCUT2D eigenvalue weighted by atomic mass is 10.1. The summed E-state index contributed by atoms with van der Waals surface area (Å²) in [5.74, 6) is -0.246. The van der Waals surface area contributed by atoms with Crippen molar-refractivity contribution in [1.29, 1.82) is 0 Å². The standard InChI is InChI=1S/C10H9FN2S/c11-8-3-1-2-7(4-8)10-5-9(6-12)14-13-10/h1-5H,6,12H2. The Morgan fingerprint density at radius 2 is 2.21 bits per heavy atom. The largest absolute Gasteiger partial charge is 0.326 e. The van der Waals surface area contributed by atoms with Crippen molar-refractivity contribution in [1.82, 2.24) is 4.37 Å². The quantitative estimate of drug-likeness (QED) is 0.823. The summed E-state index contributed by atoms with van der Waals surface area (Å²) < 4.78 is 17.1. The molecule has 0 fully saturated rings. The van der Waals surface area contributed by atoms with Crippen molar-refractivity contribution in [3.05, 3.63) is 41.0 Å². The first kappa shape index (κ1) is 9.30. The Labute approximate surface area is 85.4 Å². The first-order valence-electron chi connectivity index (χ1n) is 4.21. The zero-order valence-electron chi connectivity index (χ0n) is 7.40. The summed E-state index contributed by atoms with van der Waals surface area (Å²) in [4.78, 5) is 1.00. The summed E-state index contributed by atoms with van der Waals surface area (Å²) in [6.07, 6.45) is 0. The predicted molar refractivity (Wildman–Crippen MR) is 55.4 cm³/mol. The molecule has 0 amide bonds. The molecule has 0 saturated carbocycles. The Kier molecular flexibility index (Phi) is 2.56. The van der Waals surface area contributed by atoms with E-state index >= 15 is 0 Å². The van der Waals surface area contributed by atoms with Crippen LogP contribution in [0.25, 0.3) is 11.3 Å². The molecule has 0 aliphatic carbocycles. The smallest absolute Gasteiger partial charge is 0.123 e. The molecule has 1 aromatic carbocycles. The number of nitrogens with two attached hydrogens (primary N) is 1. The molecule has 1 heterocycles. The Morgan fingerprint density at radius 3 is 2.86 bits per heavy atom. The van der Waals surface area contributed by atoms with Crippen molar-refractivity contribution in [3.63, 3.8) is 0 Å². The topological polar surface area (TPSA) is 38.9 Å². The second kappa shape index (κ2) is 3.86. The first-order chi connectivity index (χ1) is 6.79. The monoisotopic (exact) mass is 208 g/mol. The third kappa shape index (κ3) is 1.81. The van der Waals surface area contributed by atoms with Crippen molar-refractivity contribution in [2.24, 2.45) is 5.73 Å². The van der Waals surface area contributed by atoms with Crippen LogP contribution in [-0.4, -0.2) is 4.37 Å². The summed E-state index contributed by atoms with van der Waals surface area (Å²) in [5.41, 5.74) is 7.05. The minimum absolute atomic E-state index is 0.246. The fraction of sp³-hybridized carbons (Fsp3) is 0.100. The maximum Gasteiger partial charge on any atom is 0.123 e. The van der Waals surface area contributed by atoms with Gasteiger partial charge in [-0.25, -0.2) is 4.39 Å². The molecule has 0 atom stereocenters. The lowest BCUT2D eigenvalue weighted by Gasteiger charge is -1.94. The van der Waals surface area contributed by atoms with Gasteiger partial charge in [0.15, 0.2) is 0 Å². The van der Waals surface area contributed by atoms with E-state index in [1.165, 1.54) is 23.7 Å². The number of halogens is 1. The SMILES string of the molecule is NCc1cc(-c2cccc(F)c2)ns1. The molecule has 0 spiro atoms. The number of hydrogen-bond donors (Lipinski definition) is 1. The summed E-state index contributed by atoms with van der Waals surface area (Å²) in [7, 11) is 0. The Balaban J connectivity index is 2.39. The van der Waals surface area contributed by atoms with E-state index in [-0.39, 0.29) is 5.82 Å². The predicted octanol–water partition coefficient (Wildman–Crippen LogP) is 2.41. The van der Waals surface area contributed by atoms with Crippen molar-refractivity contribution < 1.29 is 4.39 Å². The minimum atomic E-state index is -0.246. The van der Waals surface area contributed by atoms with Gasteiger partial charge in [-0.2, -0.15) is 4.37 Å². The van der Waals surface area contributed by atoms with Crippen LogP contribution in [0.3, 0.4) is 0 Å². The molecule has 14 heavy (non-hydrogen) atoms. The van der Waals surface area contributed by atoms with Gasteiger partial charge in [-0.3, -0.25) is 0 Å². The molecule has 2 N–H and O–H groups in total. The van der Waals surface area contributed by atoms with Crippen molar-refractivity contribution in [2.45, 2.75) is 6.54 Å². The molecule has 2 nitrogen and oxygen atoms in total. The summed E-state index contributed by atoms with van der Waals surface area (Å²) in [6.45, 7) is 0.479. The third-order valence-electron chi connectivity index (χ3n) is 1.88. The second-order valence-electron chi connectivity index (χ2n) is 2.89. The van der Waals surface area contributed by atoms with Crippen LogP contribution in [0.1, 0.15) is 4.88 Å². The lowest BCUT2D eigenvalue weighted by Crippen LogP contribution is -1.91. The van der Waals surface area contributed by atoms with Gasteiger partial charge in [-0.15, -0.1) is 0 Å². The summed E-state index contributed by atoms with van der Waals surface area (Å²) in [5, 5.41) is 0. The van der Waals surface area contributed by atoms with Crippen molar-refractivity contribution >= 4 is 11.5 Å². The molecule has 0 bridgehead atoms. The number of hydrogen-bond acceptors (Lipinski definition) is 3. The van der Waals surface area contributed by atoms with Crippen molar-refractivity contribution in [3.8, 4) is 11.3 Å². The maximum absolute atomic E-state index is 12.9. The molecule has 1 aromatic heterocycles. The highest BCUT2D eigenvalue weighted by atomic mass is 32.1. The highest BCUT2D eigenvalue weighted by Crippen LogP contribution is 2.22. The summed E-state index contributed by atoms with van der Waals surface area (Å²) >= 11 is 1.35. The van der Waals surface area contributed by atoms with Gasteiger partial charge in [0.1, 0.15) is 5.82 Å². The zero-order valence-corrected chi connectivity index (χ0v) is 8.22. The fourth-order valence-corrected chi connectivity index (χ4v) is 1.81. The lowest BCUT2D eigenvalue weighted by molar-refractivity contribution is 0.628. The van der Waals surface area contributed by atoms with E-state index in [0.29, 0.717) is 6.54 Å². The second-order valence-corrected chi connectivity index (χ2v) is 3.78. The third-order valence-corrected chi connectivity index (χ3v) is 2.69. The van der Waals surface area contributed by atoms with Gasteiger partial charge in [-0.1, -0.05) is 12.1 Å². The molecule has 0 aliphatic rings. The Hall–Kier alpha value is -1.26. The van der Waals surface area contributed by atoms with E-state index in [2.05, 4.69) is 4.37 Å². The molecule has 0 radical (unpaired) electrons. The maximum atomic E-state index is 12.9. The van der Waals surface area contributed by atoms with E-state index in [9.17, 15) is 4.39 Å². The van der Waals surface area contributed by atoms with Crippen molar-refractivity contribution in [2.75, 3.05) is 0 Å². The number of nitrogens with zero attached hydrogens (tertiary/aromatic N) is 1. The molecular weight excluding hydrogens is 199 g/mol. The molecule has 0 aliphatic heterocycles. The van der Waals surface area contributed by atoms with Crippen LogP contribution in [0.2, 0.25) is 0 Å². The first-order valence-corrected chi connectivity index (χ1v) is 4.98. The van der Waals surface area contributed by atoms with Crippen LogP contribution < -0.4 is 5.73 Å². The molecule has 72 valence electrons. The van der Waals surface area contributed by atoms with E-state index < -0.39 is 0 Å². The van der Waals surface area contributed by atoms with Gasteiger partial charge in [0, 0.05) is 17.0 Å². The van der Waals surface area contributed by atoms with Gasteiger partial charge in [0.25, 0.3) is 0 Å². The zero-order chi connectivity index (χ0) is 9.97. The molecule has 0 unspecified atom stereocenters. The molecule has 0 saturated heterocycles. The number of benzene rings is 1. The average Bonchev–Trinajstić information content (AvgIpc) is 2.66. The molecule has 2 aromatic rings. The van der Waals surface area contributed by atoms with E-state index in [1.54, 1.807) is 6.07 Å². The van der Waals surface area contributed by atoms with E-state index in [4.69, 9.17) is 5.73 Å². The van der Waals surface area contributed by atoms with Crippen LogP contribution >= 0.6 is 11.5 Å². The Bertz CT molecular complexity index is 439. The van der Waals surface area contributed by atoms with Crippen LogP contribution in [0.5, 0.6) is 0 Å².